The third-order valence-corrected chi connectivity index (χ3v) is 6.45. The Kier molecular flexibility index (Phi) is 3.57. The molecule has 3 aliphatic carbocycles. The molecule has 21 heavy (non-hydrogen) atoms. The zero-order valence-corrected chi connectivity index (χ0v) is 13.5. The first-order valence-electron chi connectivity index (χ1n) is 9.15. The summed E-state index contributed by atoms with van der Waals surface area (Å²) in [4.78, 5) is 0. The Hall–Kier alpha value is -0.820. The summed E-state index contributed by atoms with van der Waals surface area (Å²) in [6, 6.07) is 10.0. The molecule has 1 nitrogen and oxygen atoms in total. The van der Waals surface area contributed by atoms with E-state index in [1.165, 1.54) is 31.2 Å². The summed E-state index contributed by atoms with van der Waals surface area (Å²) < 4.78 is 0. The molecule has 1 N–H and O–H groups in total. The van der Waals surface area contributed by atoms with Crippen molar-refractivity contribution < 1.29 is 0 Å². The van der Waals surface area contributed by atoms with Crippen molar-refractivity contribution in [1.29, 1.82) is 0 Å². The van der Waals surface area contributed by atoms with Gasteiger partial charge >= 0.3 is 0 Å². The van der Waals surface area contributed by atoms with E-state index in [2.05, 4.69) is 43.4 Å². The predicted molar refractivity (Wildman–Crippen MR) is 88.2 cm³/mol. The molecule has 0 amide bonds. The Balaban J connectivity index is 1.56. The van der Waals surface area contributed by atoms with Crippen molar-refractivity contribution in [2.75, 3.05) is 6.54 Å². The third kappa shape index (κ3) is 2.25. The molecule has 114 valence electrons. The molecule has 0 aliphatic heterocycles. The molecule has 5 atom stereocenters. The van der Waals surface area contributed by atoms with Crippen LogP contribution in [0.4, 0.5) is 0 Å². The lowest BCUT2D eigenvalue weighted by molar-refractivity contribution is 0.374. The van der Waals surface area contributed by atoms with Gasteiger partial charge in [-0.2, -0.15) is 0 Å². The van der Waals surface area contributed by atoms with Gasteiger partial charge in [0, 0.05) is 6.04 Å². The molecule has 3 fully saturated rings. The van der Waals surface area contributed by atoms with E-state index in [1.54, 1.807) is 12.0 Å². The molecule has 1 aromatic carbocycles. The van der Waals surface area contributed by atoms with Crippen molar-refractivity contribution in [3.05, 3.63) is 35.4 Å². The van der Waals surface area contributed by atoms with Gasteiger partial charge in [-0.05, 0) is 72.9 Å². The second-order valence-corrected chi connectivity index (χ2v) is 7.60. The molecule has 2 bridgehead atoms. The van der Waals surface area contributed by atoms with Gasteiger partial charge in [-0.15, -0.1) is 0 Å². The minimum absolute atomic E-state index is 0.616. The van der Waals surface area contributed by atoms with Crippen molar-refractivity contribution in [3.8, 4) is 0 Å². The van der Waals surface area contributed by atoms with E-state index in [0.717, 1.165) is 36.1 Å². The van der Waals surface area contributed by atoms with Crippen LogP contribution in [0.2, 0.25) is 0 Å². The summed E-state index contributed by atoms with van der Waals surface area (Å²) in [5.41, 5.74) is 3.08. The van der Waals surface area contributed by atoms with Crippen LogP contribution in [0.25, 0.3) is 0 Å². The van der Waals surface area contributed by atoms with E-state index >= 15 is 0 Å². The maximum absolute atomic E-state index is 3.83. The van der Waals surface area contributed by atoms with Gasteiger partial charge < -0.3 is 5.32 Å². The van der Waals surface area contributed by atoms with Crippen molar-refractivity contribution in [1.82, 2.24) is 5.32 Å². The number of rotatable bonds is 6. The Morgan fingerprint density at radius 1 is 1.14 bits per heavy atom. The Bertz CT molecular complexity index is 492. The average Bonchev–Trinajstić information content (AvgIpc) is 2.90. The molecule has 0 saturated heterocycles. The van der Waals surface area contributed by atoms with Crippen molar-refractivity contribution in [3.63, 3.8) is 0 Å². The van der Waals surface area contributed by atoms with Gasteiger partial charge in [-0.3, -0.25) is 0 Å². The Labute approximate surface area is 129 Å². The molecule has 0 heterocycles. The highest BCUT2D eigenvalue weighted by molar-refractivity contribution is 5.30. The molecule has 0 aromatic heterocycles. The van der Waals surface area contributed by atoms with Crippen LogP contribution in [0.5, 0.6) is 0 Å². The summed E-state index contributed by atoms with van der Waals surface area (Å²) in [7, 11) is 0. The van der Waals surface area contributed by atoms with Crippen molar-refractivity contribution >= 4 is 0 Å². The molecule has 3 saturated carbocycles. The summed E-state index contributed by atoms with van der Waals surface area (Å²) in [5.74, 6) is 5.20. The highest BCUT2D eigenvalue weighted by Crippen LogP contribution is 2.72. The average molecular weight is 283 g/mol. The first-order chi connectivity index (χ1) is 10.3. The lowest BCUT2D eigenvalue weighted by atomic mass is 9.91. The Morgan fingerprint density at radius 2 is 1.90 bits per heavy atom. The topological polar surface area (TPSA) is 12.0 Å². The van der Waals surface area contributed by atoms with Gasteiger partial charge in [0.15, 0.2) is 0 Å². The van der Waals surface area contributed by atoms with Crippen LogP contribution in [0.3, 0.4) is 0 Å². The number of hydrogen-bond donors (Lipinski definition) is 1. The molecule has 0 spiro atoms. The molecule has 3 aliphatic rings. The van der Waals surface area contributed by atoms with E-state index in [4.69, 9.17) is 0 Å². The monoisotopic (exact) mass is 283 g/mol. The summed E-state index contributed by atoms with van der Waals surface area (Å²) in [6.07, 6.45) is 7.07. The van der Waals surface area contributed by atoms with Gasteiger partial charge in [-0.1, -0.05) is 44.5 Å². The standard InChI is InChI=1S/C20H29N/c1-3-6-13-7-5-8-16(11-13)20(21-4-2)19-17-14-9-10-15(12-14)18(17)19/h5,7-8,11,14-15,17-21H,3-4,6,9-10,12H2,1-2H3. The van der Waals surface area contributed by atoms with Crippen LogP contribution in [0.15, 0.2) is 24.3 Å². The molecular weight excluding hydrogens is 254 g/mol. The maximum atomic E-state index is 3.83. The minimum Gasteiger partial charge on any atom is -0.310 e. The Morgan fingerprint density at radius 3 is 2.57 bits per heavy atom. The van der Waals surface area contributed by atoms with E-state index in [9.17, 15) is 0 Å². The van der Waals surface area contributed by atoms with Crippen LogP contribution >= 0.6 is 0 Å². The minimum atomic E-state index is 0.616. The fourth-order valence-corrected chi connectivity index (χ4v) is 5.77. The van der Waals surface area contributed by atoms with Crippen molar-refractivity contribution in [2.24, 2.45) is 29.6 Å². The van der Waals surface area contributed by atoms with Gasteiger partial charge in [0.25, 0.3) is 0 Å². The molecule has 1 heteroatoms. The molecule has 0 radical (unpaired) electrons. The van der Waals surface area contributed by atoms with Gasteiger partial charge in [0.2, 0.25) is 0 Å². The van der Waals surface area contributed by atoms with E-state index in [-0.39, 0.29) is 0 Å². The largest absolute Gasteiger partial charge is 0.310 e. The number of aryl methyl sites for hydroxylation is 1. The summed E-state index contributed by atoms with van der Waals surface area (Å²) in [5, 5.41) is 3.83. The van der Waals surface area contributed by atoms with E-state index in [0.29, 0.717) is 6.04 Å². The van der Waals surface area contributed by atoms with Gasteiger partial charge in [-0.25, -0.2) is 0 Å². The zero-order valence-electron chi connectivity index (χ0n) is 13.5. The van der Waals surface area contributed by atoms with Gasteiger partial charge in [0.1, 0.15) is 0 Å². The van der Waals surface area contributed by atoms with E-state index in [1.807, 2.05) is 0 Å². The fraction of sp³-hybridized carbons (Fsp3) is 0.700. The fourth-order valence-electron chi connectivity index (χ4n) is 5.77. The number of benzene rings is 1. The van der Waals surface area contributed by atoms with Crippen LogP contribution < -0.4 is 5.32 Å². The SMILES string of the molecule is CCCc1cccc(C(NCC)C2C3C4CCC(C4)C32)c1. The number of nitrogens with one attached hydrogen (secondary N) is 1. The lowest BCUT2D eigenvalue weighted by Gasteiger charge is -2.22. The van der Waals surface area contributed by atoms with Crippen molar-refractivity contribution in [2.45, 2.75) is 52.0 Å². The van der Waals surface area contributed by atoms with Crippen LogP contribution in [0, 0.1) is 29.6 Å². The highest BCUT2D eigenvalue weighted by Gasteiger charge is 2.66. The first kappa shape index (κ1) is 13.8. The number of hydrogen-bond acceptors (Lipinski definition) is 1. The zero-order chi connectivity index (χ0) is 14.4. The third-order valence-electron chi connectivity index (χ3n) is 6.45. The lowest BCUT2D eigenvalue weighted by Crippen LogP contribution is -2.25. The normalized spacial score (nSPS) is 37.5. The van der Waals surface area contributed by atoms with Crippen LogP contribution in [-0.2, 0) is 6.42 Å². The quantitative estimate of drug-likeness (QED) is 0.805. The van der Waals surface area contributed by atoms with Crippen LogP contribution in [-0.4, -0.2) is 6.54 Å². The number of fused-ring (bicyclic) bond motifs is 5. The molecule has 5 unspecified atom stereocenters. The second-order valence-electron chi connectivity index (χ2n) is 7.60. The van der Waals surface area contributed by atoms with Crippen LogP contribution in [0.1, 0.15) is 56.7 Å². The second kappa shape index (κ2) is 5.43. The predicted octanol–water partition coefficient (Wildman–Crippen LogP) is 4.58. The molecule has 1 aromatic rings. The smallest absolute Gasteiger partial charge is 0.0354 e. The summed E-state index contributed by atoms with van der Waals surface area (Å²) in [6.45, 7) is 5.63. The van der Waals surface area contributed by atoms with E-state index < -0.39 is 0 Å². The molecular formula is C20H29N. The first-order valence-corrected chi connectivity index (χ1v) is 9.15. The highest BCUT2D eigenvalue weighted by atomic mass is 14.9. The summed E-state index contributed by atoms with van der Waals surface area (Å²) >= 11 is 0. The van der Waals surface area contributed by atoms with Gasteiger partial charge in [0.05, 0.1) is 0 Å². The maximum Gasteiger partial charge on any atom is 0.0354 e. The molecule has 4 rings (SSSR count).